The van der Waals surface area contributed by atoms with E-state index in [1.165, 1.54) is 0 Å². The normalized spacial score (nSPS) is 17.1. The van der Waals surface area contributed by atoms with Crippen LogP contribution in [0, 0.1) is 0 Å². The highest BCUT2D eigenvalue weighted by Crippen LogP contribution is 2.32. The fourth-order valence-corrected chi connectivity index (χ4v) is 3.79. The molecule has 2 aromatic rings. The van der Waals surface area contributed by atoms with Crippen molar-refractivity contribution in [1.29, 1.82) is 0 Å². The first-order valence-corrected chi connectivity index (χ1v) is 9.06. The molecule has 24 heavy (non-hydrogen) atoms. The van der Waals surface area contributed by atoms with E-state index >= 15 is 0 Å². The SMILES string of the molecule is CCC(=O)Nc1ccc(-c2csc(C3CCN(C(C)=O)C3)n2)cc1. The van der Waals surface area contributed by atoms with Crippen LogP contribution in [0.1, 0.15) is 37.6 Å². The number of thiazole rings is 1. The van der Waals surface area contributed by atoms with Crippen molar-refractivity contribution in [3.63, 3.8) is 0 Å². The lowest BCUT2D eigenvalue weighted by Gasteiger charge is -2.12. The van der Waals surface area contributed by atoms with E-state index in [9.17, 15) is 9.59 Å². The van der Waals surface area contributed by atoms with E-state index < -0.39 is 0 Å². The minimum absolute atomic E-state index is 0.00922. The Labute approximate surface area is 145 Å². The van der Waals surface area contributed by atoms with Gasteiger partial charge in [-0.2, -0.15) is 0 Å². The fourth-order valence-electron chi connectivity index (χ4n) is 2.83. The number of hydrogen-bond acceptors (Lipinski definition) is 4. The summed E-state index contributed by atoms with van der Waals surface area (Å²) in [5.41, 5.74) is 2.78. The molecule has 1 saturated heterocycles. The highest BCUT2D eigenvalue weighted by molar-refractivity contribution is 7.10. The van der Waals surface area contributed by atoms with E-state index in [1.54, 1.807) is 18.3 Å². The van der Waals surface area contributed by atoms with Crippen molar-refractivity contribution < 1.29 is 9.59 Å². The molecule has 1 aliphatic rings. The van der Waals surface area contributed by atoms with Crippen molar-refractivity contribution in [3.05, 3.63) is 34.7 Å². The molecule has 2 heterocycles. The lowest BCUT2D eigenvalue weighted by atomic mass is 10.1. The predicted molar refractivity (Wildman–Crippen MR) is 96.1 cm³/mol. The number of aromatic nitrogens is 1. The maximum absolute atomic E-state index is 11.5. The molecule has 2 amide bonds. The van der Waals surface area contributed by atoms with Crippen LogP contribution in [0.4, 0.5) is 5.69 Å². The molecule has 3 rings (SSSR count). The summed E-state index contributed by atoms with van der Waals surface area (Å²) in [5, 5.41) is 6.00. The maximum atomic E-state index is 11.5. The number of nitrogens with zero attached hydrogens (tertiary/aromatic N) is 2. The molecule has 0 saturated carbocycles. The van der Waals surface area contributed by atoms with E-state index in [2.05, 4.69) is 10.7 Å². The number of likely N-dealkylation sites (tertiary alicyclic amines) is 1. The zero-order valence-corrected chi connectivity index (χ0v) is 14.7. The van der Waals surface area contributed by atoms with Crippen molar-refractivity contribution >= 4 is 28.8 Å². The Bertz CT molecular complexity index is 739. The summed E-state index contributed by atoms with van der Waals surface area (Å²) < 4.78 is 0. The minimum atomic E-state index is 0.00922. The molecule has 0 bridgehead atoms. The van der Waals surface area contributed by atoms with Gasteiger partial charge in [0.2, 0.25) is 11.8 Å². The number of carbonyl (C=O) groups is 2. The molecule has 1 aliphatic heterocycles. The molecule has 1 atom stereocenters. The molecule has 5 nitrogen and oxygen atoms in total. The molecule has 1 N–H and O–H groups in total. The van der Waals surface area contributed by atoms with Gasteiger partial charge in [0.05, 0.1) is 10.7 Å². The van der Waals surface area contributed by atoms with Gasteiger partial charge in [-0.3, -0.25) is 9.59 Å². The zero-order chi connectivity index (χ0) is 17.1. The third-order valence-electron chi connectivity index (χ3n) is 4.29. The minimum Gasteiger partial charge on any atom is -0.342 e. The van der Waals surface area contributed by atoms with Crippen LogP contribution in [0.2, 0.25) is 0 Å². The van der Waals surface area contributed by atoms with Gasteiger partial charge in [-0.05, 0) is 18.6 Å². The maximum Gasteiger partial charge on any atom is 0.224 e. The Morgan fingerprint density at radius 3 is 2.71 bits per heavy atom. The van der Waals surface area contributed by atoms with Crippen LogP contribution in [0.5, 0.6) is 0 Å². The van der Waals surface area contributed by atoms with Gasteiger partial charge in [-0.15, -0.1) is 11.3 Å². The monoisotopic (exact) mass is 343 g/mol. The van der Waals surface area contributed by atoms with Gasteiger partial charge in [0.1, 0.15) is 0 Å². The Balaban J connectivity index is 1.69. The standard InChI is InChI=1S/C18H21N3O2S/c1-3-17(23)19-15-6-4-13(5-7-15)16-11-24-18(20-16)14-8-9-21(10-14)12(2)22/h4-7,11,14H,3,8-10H2,1-2H3,(H,19,23). The van der Waals surface area contributed by atoms with Crippen LogP contribution < -0.4 is 5.32 Å². The highest BCUT2D eigenvalue weighted by Gasteiger charge is 2.27. The molecule has 0 radical (unpaired) electrons. The van der Waals surface area contributed by atoms with Crippen molar-refractivity contribution in [1.82, 2.24) is 9.88 Å². The smallest absolute Gasteiger partial charge is 0.224 e. The van der Waals surface area contributed by atoms with Crippen LogP contribution in [-0.4, -0.2) is 34.8 Å². The van der Waals surface area contributed by atoms with Gasteiger partial charge in [-0.25, -0.2) is 4.98 Å². The van der Waals surface area contributed by atoms with E-state index in [0.29, 0.717) is 12.3 Å². The molecular weight excluding hydrogens is 322 g/mol. The van der Waals surface area contributed by atoms with E-state index in [0.717, 1.165) is 41.5 Å². The number of hydrogen-bond donors (Lipinski definition) is 1. The van der Waals surface area contributed by atoms with E-state index in [4.69, 9.17) is 4.98 Å². The first-order valence-electron chi connectivity index (χ1n) is 8.18. The highest BCUT2D eigenvalue weighted by atomic mass is 32.1. The summed E-state index contributed by atoms with van der Waals surface area (Å²) >= 11 is 1.66. The van der Waals surface area contributed by atoms with Crippen LogP contribution in [0.25, 0.3) is 11.3 Å². The van der Waals surface area contributed by atoms with Crippen LogP contribution in [-0.2, 0) is 9.59 Å². The first-order chi connectivity index (χ1) is 11.6. The topological polar surface area (TPSA) is 62.3 Å². The largest absolute Gasteiger partial charge is 0.342 e. The molecule has 1 aromatic heterocycles. The second-order valence-corrected chi connectivity index (χ2v) is 6.89. The Hall–Kier alpha value is -2.21. The number of rotatable bonds is 4. The van der Waals surface area contributed by atoms with Crippen LogP contribution in [0.15, 0.2) is 29.6 Å². The lowest BCUT2D eigenvalue weighted by molar-refractivity contribution is -0.127. The first kappa shape index (κ1) is 16.6. The van der Waals surface area contributed by atoms with Crippen LogP contribution >= 0.6 is 11.3 Å². The summed E-state index contributed by atoms with van der Waals surface area (Å²) in [5.74, 6) is 0.490. The summed E-state index contributed by atoms with van der Waals surface area (Å²) in [6.07, 6.45) is 1.45. The van der Waals surface area contributed by atoms with E-state index in [1.807, 2.05) is 36.1 Å². The van der Waals surface area contributed by atoms with E-state index in [-0.39, 0.29) is 11.8 Å². The molecule has 0 aliphatic carbocycles. The third-order valence-corrected chi connectivity index (χ3v) is 5.30. The summed E-state index contributed by atoms with van der Waals surface area (Å²) in [6.45, 7) is 5.04. The second-order valence-electron chi connectivity index (χ2n) is 6.00. The number of nitrogens with one attached hydrogen (secondary N) is 1. The number of carbonyl (C=O) groups excluding carboxylic acids is 2. The Morgan fingerprint density at radius 2 is 2.08 bits per heavy atom. The average Bonchev–Trinajstić information content (AvgIpc) is 3.24. The molecular formula is C18H21N3O2S. The second kappa shape index (κ2) is 7.13. The van der Waals surface area contributed by atoms with Crippen molar-refractivity contribution in [2.45, 2.75) is 32.6 Å². The van der Waals surface area contributed by atoms with Gasteiger partial charge in [0.25, 0.3) is 0 Å². The van der Waals surface area contributed by atoms with Gasteiger partial charge in [0.15, 0.2) is 0 Å². The summed E-state index contributed by atoms with van der Waals surface area (Å²) in [4.78, 5) is 29.5. The lowest BCUT2D eigenvalue weighted by Crippen LogP contribution is -2.25. The molecule has 1 fully saturated rings. The molecule has 126 valence electrons. The van der Waals surface area contributed by atoms with Crippen LogP contribution in [0.3, 0.4) is 0 Å². The third kappa shape index (κ3) is 3.64. The molecule has 6 heteroatoms. The quantitative estimate of drug-likeness (QED) is 0.924. The molecule has 1 unspecified atom stereocenters. The van der Waals surface area contributed by atoms with Crippen molar-refractivity contribution in [3.8, 4) is 11.3 Å². The number of amides is 2. The number of anilines is 1. The van der Waals surface area contributed by atoms with Crippen molar-refractivity contribution in [2.24, 2.45) is 0 Å². The zero-order valence-electron chi connectivity index (χ0n) is 13.9. The molecule has 1 aromatic carbocycles. The summed E-state index contributed by atoms with van der Waals surface area (Å²) in [7, 11) is 0. The summed E-state index contributed by atoms with van der Waals surface area (Å²) in [6, 6.07) is 7.74. The fraction of sp³-hybridized carbons (Fsp3) is 0.389. The Morgan fingerprint density at radius 1 is 1.33 bits per heavy atom. The van der Waals surface area contributed by atoms with Gasteiger partial charge in [0, 0.05) is 49.0 Å². The molecule has 0 spiro atoms. The average molecular weight is 343 g/mol. The Kier molecular flexibility index (Phi) is 4.94. The van der Waals surface area contributed by atoms with Gasteiger partial charge < -0.3 is 10.2 Å². The predicted octanol–water partition coefficient (Wildman–Crippen LogP) is 3.49. The van der Waals surface area contributed by atoms with Gasteiger partial charge >= 0.3 is 0 Å². The van der Waals surface area contributed by atoms with Gasteiger partial charge in [-0.1, -0.05) is 19.1 Å². The van der Waals surface area contributed by atoms with Crippen molar-refractivity contribution in [2.75, 3.05) is 18.4 Å². The number of benzene rings is 1.